The minimum Gasteiger partial charge on any atom is -0.494 e. The molecule has 5 aromatic carbocycles. The largest absolute Gasteiger partial charge is 0.494 e. The number of hydrogen-bond acceptors (Lipinski definition) is 8. The number of ketones is 1. The van der Waals surface area contributed by atoms with Gasteiger partial charge >= 0.3 is 0 Å². The molecule has 2 unspecified atom stereocenters. The van der Waals surface area contributed by atoms with E-state index < -0.39 is 17.4 Å². The fourth-order valence-electron chi connectivity index (χ4n) is 10.1. The fourth-order valence-corrected chi connectivity index (χ4v) is 10.5. The topological polar surface area (TPSA) is 141 Å². The van der Waals surface area contributed by atoms with Crippen LogP contribution in [0.2, 0.25) is 0 Å². The number of halogens is 1. The normalized spacial score (nSPS) is 22.8. The highest BCUT2D eigenvalue weighted by atomic mass is 79.9. The van der Waals surface area contributed by atoms with E-state index in [-0.39, 0.29) is 35.1 Å². The molecule has 0 aliphatic carbocycles. The molecular weight excluding hydrogens is 784 g/mol. The Labute approximate surface area is 333 Å². The number of carbonyl (C=O) groups excluding carboxylic acids is 3. The molecule has 4 atom stereocenters. The summed E-state index contributed by atoms with van der Waals surface area (Å²) in [5, 5.41) is 11.4. The van der Waals surface area contributed by atoms with Gasteiger partial charge in [0.25, 0.3) is 5.56 Å². The summed E-state index contributed by atoms with van der Waals surface area (Å²) in [7, 11) is 0. The van der Waals surface area contributed by atoms with Crippen molar-refractivity contribution in [3.63, 3.8) is 0 Å². The molecule has 0 bridgehead atoms. The Balaban J connectivity index is 0.000000158. The lowest BCUT2D eigenvalue weighted by Crippen LogP contribution is -2.51. The Morgan fingerprint density at radius 1 is 0.772 bits per heavy atom. The van der Waals surface area contributed by atoms with Crippen molar-refractivity contribution < 1.29 is 19.5 Å². The molecule has 3 fully saturated rings. The summed E-state index contributed by atoms with van der Waals surface area (Å²) in [4.78, 5) is 70.9. The molecule has 3 saturated heterocycles. The number of H-pyrrole nitrogens is 1. The first-order chi connectivity index (χ1) is 27.8. The Bertz CT molecular complexity index is 3030. The quantitative estimate of drug-likeness (QED) is 0.176. The van der Waals surface area contributed by atoms with Crippen molar-refractivity contribution in [3.8, 4) is 11.6 Å². The van der Waals surface area contributed by atoms with E-state index in [1.807, 2.05) is 97.1 Å². The highest BCUT2D eigenvalue weighted by molar-refractivity contribution is 9.10. The number of rotatable bonds is 2. The maximum absolute atomic E-state index is 14.5. The zero-order valence-electron chi connectivity index (χ0n) is 30.1. The van der Waals surface area contributed by atoms with Crippen molar-refractivity contribution in [1.29, 1.82) is 0 Å². The maximum Gasteiger partial charge on any atom is 0.266 e. The molecule has 7 heterocycles. The first kappa shape index (κ1) is 33.8. The second-order valence-electron chi connectivity index (χ2n) is 14.9. The minimum atomic E-state index is -0.992. The molecule has 12 heteroatoms. The predicted molar refractivity (Wildman–Crippen MR) is 218 cm³/mol. The monoisotopic (exact) mass is 814 g/mol. The van der Waals surface area contributed by atoms with Gasteiger partial charge < -0.3 is 10.1 Å². The van der Waals surface area contributed by atoms with E-state index in [9.17, 15) is 24.3 Å². The zero-order chi connectivity index (χ0) is 38.7. The lowest BCUT2D eigenvalue weighted by atomic mass is 9.75. The molecule has 5 aliphatic rings. The number of carbonyl (C=O) groups is 3. The van der Waals surface area contributed by atoms with E-state index in [0.29, 0.717) is 49.4 Å². The van der Waals surface area contributed by atoms with Crippen LogP contribution in [0.1, 0.15) is 40.2 Å². The van der Waals surface area contributed by atoms with Crippen molar-refractivity contribution in [3.05, 3.63) is 159 Å². The standard InChI is InChI=1S/C29H21BrN4O3.C16H10N2O2/c30-18-10-3-6-13-21(18)33-26(36)23-22-14-7-15-32(22)29(24(23)27(33)37)17-9-2-5-12-20(17)34-25(35)16-8-1-4-11-19(16)31-28(29)34;19-15-10-6-2-4-8-12(10)17-14(15)13-9-5-1-3-7-11(9)18-16(13)20/h1-6,8-13,22-24H,7,14-15H2;1-8,18,20H/t22?,23-,24+,29?;/m0./s1. The number of aromatic hydroxyl groups is 1. The molecule has 0 saturated carbocycles. The number of aliphatic imine (C=N–C) groups is 1. The first-order valence-electron chi connectivity index (χ1n) is 18.8. The summed E-state index contributed by atoms with van der Waals surface area (Å²) in [5.41, 5.74) is 4.42. The molecule has 0 radical (unpaired) electrons. The van der Waals surface area contributed by atoms with Crippen molar-refractivity contribution in [2.24, 2.45) is 16.8 Å². The van der Waals surface area contributed by atoms with Crippen LogP contribution < -0.4 is 10.5 Å². The lowest BCUT2D eigenvalue weighted by molar-refractivity contribution is -0.124. The van der Waals surface area contributed by atoms with Gasteiger partial charge in [0, 0.05) is 32.5 Å². The summed E-state index contributed by atoms with van der Waals surface area (Å²) >= 11 is 3.55. The number of fused-ring (bicyclic) bond motifs is 13. The third-order valence-electron chi connectivity index (χ3n) is 12.3. The van der Waals surface area contributed by atoms with Gasteiger partial charge in [-0.25, -0.2) is 14.9 Å². The number of aromatic nitrogens is 3. The Morgan fingerprint density at radius 2 is 1.47 bits per heavy atom. The van der Waals surface area contributed by atoms with Gasteiger partial charge in [-0.2, -0.15) is 0 Å². The van der Waals surface area contributed by atoms with E-state index >= 15 is 0 Å². The van der Waals surface area contributed by atoms with Gasteiger partial charge in [0.15, 0.2) is 5.88 Å². The summed E-state index contributed by atoms with van der Waals surface area (Å²) in [5.74, 6) is -1.22. The molecule has 11 nitrogen and oxygen atoms in total. The Morgan fingerprint density at radius 3 is 2.30 bits per heavy atom. The van der Waals surface area contributed by atoms with Crippen LogP contribution in [0.5, 0.6) is 5.88 Å². The Kier molecular flexibility index (Phi) is 7.26. The average molecular weight is 816 g/mol. The number of benzene rings is 5. The molecule has 57 heavy (non-hydrogen) atoms. The predicted octanol–water partition coefficient (Wildman–Crippen LogP) is 7.18. The smallest absolute Gasteiger partial charge is 0.266 e. The van der Waals surface area contributed by atoms with Crippen LogP contribution in [0.25, 0.3) is 27.5 Å². The van der Waals surface area contributed by atoms with Crippen LogP contribution in [0.4, 0.5) is 11.4 Å². The van der Waals surface area contributed by atoms with Crippen molar-refractivity contribution in [2.75, 3.05) is 11.4 Å². The zero-order valence-corrected chi connectivity index (χ0v) is 31.7. The average Bonchev–Trinajstić information content (AvgIpc) is 4.06. The third-order valence-corrected chi connectivity index (χ3v) is 12.9. The fraction of sp³-hybridized carbons (Fsp3) is 0.156. The van der Waals surface area contributed by atoms with Gasteiger partial charge in [0.2, 0.25) is 17.6 Å². The molecule has 1 spiro atoms. The van der Waals surface area contributed by atoms with E-state index in [2.05, 4.69) is 30.8 Å². The van der Waals surface area contributed by atoms with Gasteiger partial charge in [0.05, 0.1) is 45.4 Å². The minimum absolute atomic E-state index is 0.0221. The van der Waals surface area contributed by atoms with Crippen molar-refractivity contribution in [2.45, 2.75) is 24.4 Å². The van der Waals surface area contributed by atoms with E-state index in [1.165, 1.54) is 4.90 Å². The summed E-state index contributed by atoms with van der Waals surface area (Å²) in [6.45, 7) is 0.740. The van der Waals surface area contributed by atoms with Crippen molar-refractivity contribution >= 4 is 72.4 Å². The summed E-state index contributed by atoms with van der Waals surface area (Å²) in [6.07, 6.45) is 1.75. The first-order valence-corrected chi connectivity index (χ1v) is 19.6. The second kappa shape index (κ2) is 12.2. The number of aromatic amines is 1. The molecule has 2 aromatic heterocycles. The van der Waals surface area contributed by atoms with Gasteiger partial charge in [0.1, 0.15) is 17.1 Å². The summed E-state index contributed by atoms with van der Waals surface area (Å²) in [6, 6.07) is 37.0. The van der Waals surface area contributed by atoms with E-state index in [0.717, 1.165) is 41.5 Å². The van der Waals surface area contributed by atoms with E-state index in [4.69, 9.17) is 4.98 Å². The van der Waals surface area contributed by atoms with Crippen LogP contribution in [-0.4, -0.2) is 60.4 Å². The highest BCUT2D eigenvalue weighted by Gasteiger charge is 2.74. The number of Topliss-reactive ketones (excluding diaryl/α,β-unsaturated/α-hetero) is 1. The third kappa shape index (κ3) is 4.45. The van der Waals surface area contributed by atoms with Crippen LogP contribution in [0, 0.1) is 11.8 Å². The van der Waals surface area contributed by atoms with Crippen molar-refractivity contribution in [1.82, 2.24) is 19.4 Å². The van der Waals surface area contributed by atoms with Gasteiger partial charge in [-0.15, -0.1) is 0 Å². The number of amides is 2. The van der Waals surface area contributed by atoms with Crippen LogP contribution in [0.15, 0.2) is 136 Å². The van der Waals surface area contributed by atoms with Crippen LogP contribution in [0.3, 0.4) is 0 Å². The molecule has 12 rings (SSSR count). The Hall–Kier alpha value is -6.50. The number of anilines is 1. The number of nitrogens with zero attached hydrogens (tertiary/aromatic N) is 5. The molecule has 2 N–H and O–H groups in total. The van der Waals surface area contributed by atoms with Gasteiger partial charge in [-0.1, -0.05) is 72.8 Å². The number of nitrogens with one attached hydrogen (secondary N) is 1. The molecular formula is C45H31BrN6O5. The molecule has 2 amide bonds. The maximum atomic E-state index is 14.5. The lowest BCUT2D eigenvalue weighted by Gasteiger charge is -2.38. The van der Waals surface area contributed by atoms with E-state index in [1.54, 1.807) is 28.8 Å². The van der Waals surface area contributed by atoms with Crippen LogP contribution >= 0.6 is 15.9 Å². The number of hydrogen-bond donors (Lipinski definition) is 2. The number of imide groups is 1. The molecule has 278 valence electrons. The molecule has 7 aromatic rings. The number of para-hydroxylation sites is 5. The van der Waals surface area contributed by atoms with Gasteiger partial charge in [-0.3, -0.25) is 28.6 Å². The highest BCUT2D eigenvalue weighted by Crippen LogP contribution is 2.62. The second-order valence-corrected chi connectivity index (χ2v) is 15.8. The van der Waals surface area contributed by atoms with Gasteiger partial charge in [-0.05, 0) is 83.8 Å². The SMILES string of the molecule is O=C1C(c2c(O)[nH]c3ccccc23)=Nc2ccccc21.O=C1[C@H]2C3CCCN3C3(c4ccccc4-n4c3nc3ccccc3c4=O)[C@H]2C(=O)N1c1ccccc1Br. The van der Waals surface area contributed by atoms with Crippen LogP contribution in [-0.2, 0) is 15.1 Å². The molecule has 5 aliphatic heterocycles. The summed E-state index contributed by atoms with van der Waals surface area (Å²) < 4.78 is 2.38.